The molecule has 8 heteroatoms. The van der Waals surface area contributed by atoms with Crippen LogP contribution in [-0.2, 0) is 4.79 Å². The van der Waals surface area contributed by atoms with E-state index in [0.29, 0.717) is 12.0 Å². The van der Waals surface area contributed by atoms with Gasteiger partial charge in [0.25, 0.3) is 0 Å². The van der Waals surface area contributed by atoms with Gasteiger partial charge in [0, 0.05) is 13.1 Å². The fourth-order valence-electron chi connectivity index (χ4n) is 4.15. The van der Waals surface area contributed by atoms with Crippen LogP contribution in [0, 0.1) is 5.82 Å². The monoisotopic (exact) mass is 396 g/mol. The van der Waals surface area contributed by atoms with Crippen LogP contribution in [0.2, 0.25) is 0 Å². The van der Waals surface area contributed by atoms with Gasteiger partial charge in [-0.05, 0) is 37.0 Å². The maximum atomic E-state index is 13.0. The van der Waals surface area contributed by atoms with Gasteiger partial charge >= 0.3 is 0 Å². The molecule has 1 amide bonds. The zero-order valence-corrected chi connectivity index (χ0v) is 16.7. The maximum Gasteiger partial charge on any atom is 0.249 e. The molecule has 1 aromatic heterocycles. The lowest BCUT2D eigenvalue weighted by Crippen LogP contribution is -2.55. The number of nitrogens with one attached hydrogen (secondary N) is 1. The molecule has 1 unspecified atom stereocenters. The van der Waals surface area contributed by atoms with E-state index in [9.17, 15) is 9.18 Å². The number of rotatable bonds is 5. The number of fused-ring (bicyclic) bond motifs is 1. The molecular formula is C21H25FN6O. The molecule has 1 atom stereocenters. The Kier molecular flexibility index (Phi) is 5.42. The number of hydrazone groups is 1. The molecule has 2 aromatic rings. The van der Waals surface area contributed by atoms with Crippen LogP contribution in [0.1, 0.15) is 44.6 Å². The number of anilines is 3. The van der Waals surface area contributed by atoms with E-state index < -0.39 is 0 Å². The molecule has 1 aliphatic carbocycles. The highest BCUT2D eigenvalue weighted by Crippen LogP contribution is 2.39. The quantitative estimate of drug-likeness (QED) is 0.618. The van der Waals surface area contributed by atoms with Crippen LogP contribution >= 0.6 is 0 Å². The summed E-state index contributed by atoms with van der Waals surface area (Å²) in [6.07, 6.45) is 8.48. The lowest BCUT2D eigenvalue weighted by Gasteiger charge is -2.43. The summed E-state index contributed by atoms with van der Waals surface area (Å²) >= 11 is 0. The van der Waals surface area contributed by atoms with Gasteiger partial charge in [-0.3, -0.25) is 4.79 Å². The van der Waals surface area contributed by atoms with Gasteiger partial charge < -0.3 is 9.80 Å². The Morgan fingerprint density at radius 1 is 1.28 bits per heavy atom. The number of carbonyl (C=O) groups excluding carboxylic acids is 1. The van der Waals surface area contributed by atoms with Crippen LogP contribution in [0.5, 0.6) is 0 Å². The van der Waals surface area contributed by atoms with Crippen molar-refractivity contribution in [2.45, 2.75) is 51.1 Å². The summed E-state index contributed by atoms with van der Waals surface area (Å²) in [6.45, 7) is 2.04. The third-order valence-electron chi connectivity index (χ3n) is 5.66. The zero-order chi connectivity index (χ0) is 20.4. The van der Waals surface area contributed by atoms with Crippen molar-refractivity contribution in [1.82, 2.24) is 9.97 Å². The largest absolute Gasteiger partial charge is 0.340 e. The van der Waals surface area contributed by atoms with Crippen molar-refractivity contribution in [1.29, 1.82) is 0 Å². The van der Waals surface area contributed by atoms with Gasteiger partial charge in [-0.2, -0.15) is 10.1 Å². The van der Waals surface area contributed by atoms with Crippen molar-refractivity contribution in [2.24, 2.45) is 5.10 Å². The van der Waals surface area contributed by atoms with Gasteiger partial charge in [-0.1, -0.05) is 31.9 Å². The summed E-state index contributed by atoms with van der Waals surface area (Å²) in [5.74, 6) is 0.942. The van der Waals surface area contributed by atoms with E-state index in [-0.39, 0.29) is 17.8 Å². The Morgan fingerprint density at radius 3 is 2.69 bits per heavy atom. The maximum absolute atomic E-state index is 13.0. The Bertz CT molecular complexity index is 910. The van der Waals surface area contributed by atoms with Crippen LogP contribution < -0.4 is 15.2 Å². The predicted octanol–water partition coefficient (Wildman–Crippen LogP) is 3.57. The second kappa shape index (κ2) is 8.14. The van der Waals surface area contributed by atoms with Crippen LogP contribution in [-0.4, -0.2) is 41.2 Å². The number of amides is 1. The first kappa shape index (κ1) is 19.3. The first-order valence-electron chi connectivity index (χ1n) is 10.1. The minimum absolute atomic E-state index is 0.0885. The van der Waals surface area contributed by atoms with Crippen molar-refractivity contribution in [3.63, 3.8) is 0 Å². The molecular weight excluding hydrogens is 371 g/mol. The molecule has 1 fully saturated rings. The van der Waals surface area contributed by atoms with Crippen LogP contribution in [0.3, 0.4) is 0 Å². The number of hydrogen-bond donors (Lipinski definition) is 1. The third kappa shape index (κ3) is 3.79. The molecule has 7 nitrogen and oxygen atoms in total. The number of aromatic nitrogens is 2. The molecule has 0 spiro atoms. The molecule has 1 saturated carbocycles. The first-order chi connectivity index (χ1) is 14.1. The SMILES string of the molecule is CCC1C(=O)N(C)c2cnc(NN=Cc3ccc(F)cc3)nc2N1C1CCCC1. The van der Waals surface area contributed by atoms with Gasteiger partial charge in [0.15, 0.2) is 5.82 Å². The molecule has 29 heavy (non-hydrogen) atoms. The highest BCUT2D eigenvalue weighted by molar-refractivity contribution is 6.04. The smallest absolute Gasteiger partial charge is 0.249 e. The summed E-state index contributed by atoms with van der Waals surface area (Å²) < 4.78 is 13.0. The number of nitrogens with zero attached hydrogens (tertiary/aromatic N) is 5. The Morgan fingerprint density at radius 2 is 2.00 bits per heavy atom. The average molecular weight is 396 g/mol. The molecule has 0 radical (unpaired) electrons. The predicted molar refractivity (Wildman–Crippen MR) is 112 cm³/mol. The van der Waals surface area contributed by atoms with Crippen molar-refractivity contribution in [3.05, 3.63) is 41.8 Å². The third-order valence-corrected chi connectivity index (χ3v) is 5.66. The minimum Gasteiger partial charge on any atom is -0.340 e. The summed E-state index contributed by atoms with van der Waals surface area (Å²) in [7, 11) is 1.78. The lowest BCUT2D eigenvalue weighted by molar-refractivity contribution is -0.120. The van der Waals surface area contributed by atoms with Crippen LogP contribution in [0.15, 0.2) is 35.6 Å². The standard InChI is InChI=1S/C21H25FN6O/c1-3-17-20(29)27(2)18-13-23-21(25-19(18)28(17)16-6-4-5-7-16)26-24-12-14-8-10-15(22)11-9-14/h8-13,16-17H,3-7H2,1-2H3,(H,23,25,26). The second-order valence-corrected chi connectivity index (χ2v) is 7.49. The molecule has 1 aliphatic heterocycles. The molecule has 1 aromatic carbocycles. The Hall–Kier alpha value is -3.03. The molecule has 0 saturated heterocycles. The summed E-state index contributed by atoms with van der Waals surface area (Å²) in [5, 5.41) is 4.16. The lowest BCUT2D eigenvalue weighted by atomic mass is 10.0. The highest BCUT2D eigenvalue weighted by atomic mass is 19.1. The number of benzene rings is 1. The fourth-order valence-corrected chi connectivity index (χ4v) is 4.15. The fraction of sp³-hybridized carbons (Fsp3) is 0.429. The van der Waals surface area contributed by atoms with E-state index in [4.69, 9.17) is 4.98 Å². The van der Waals surface area contributed by atoms with Crippen molar-refractivity contribution < 1.29 is 9.18 Å². The number of carbonyl (C=O) groups is 1. The molecule has 0 bridgehead atoms. The number of likely N-dealkylation sites (N-methyl/N-ethyl adjacent to an activating group) is 1. The normalized spacial score (nSPS) is 19.8. The topological polar surface area (TPSA) is 73.7 Å². The zero-order valence-electron chi connectivity index (χ0n) is 16.7. The van der Waals surface area contributed by atoms with Gasteiger partial charge in [-0.25, -0.2) is 14.8 Å². The van der Waals surface area contributed by atoms with E-state index in [0.717, 1.165) is 36.3 Å². The number of halogens is 1. The Labute approximate surface area is 169 Å². The molecule has 1 N–H and O–H groups in total. The van der Waals surface area contributed by atoms with Crippen molar-refractivity contribution in [2.75, 3.05) is 22.3 Å². The van der Waals surface area contributed by atoms with E-state index in [1.807, 2.05) is 6.92 Å². The van der Waals surface area contributed by atoms with E-state index in [1.165, 1.54) is 25.0 Å². The van der Waals surface area contributed by atoms with E-state index in [1.54, 1.807) is 36.5 Å². The highest BCUT2D eigenvalue weighted by Gasteiger charge is 2.41. The molecule has 2 aliphatic rings. The van der Waals surface area contributed by atoms with Crippen LogP contribution in [0.25, 0.3) is 0 Å². The summed E-state index contributed by atoms with van der Waals surface area (Å²) in [6, 6.07) is 6.16. The minimum atomic E-state index is -0.288. The second-order valence-electron chi connectivity index (χ2n) is 7.49. The Balaban J connectivity index is 1.61. The van der Waals surface area contributed by atoms with E-state index >= 15 is 0 Å². The average Bonchev–Trinajstić information content (AvgIpc) is 3.26. The van der Waals surface area contributed by atoms with Crippen LogP contribution in [0.4, 0.5) is 21.8 Å². The summed E-state index contributed by atoms with van der Waals surface area (Å²) in [4.78, 5) is 25.8. The summed E-state index contributed by atoms with van der Waals surface area (Å²) in [5.41, 5.74) is 4.34. The van der Waals surface area contributed by atoms with Crippen molar-refractivity contribution in [3.8, 4) is 0 Å². The first-order valence-corrected chi connectivity index (χ1v) is 10.1. The van der Waals surface area contributed by atoms with Gasteiger partial charge in [0.2, 0.25) is 11.9 Å². The van der Waals surface area contributed by atoms with Crippen molar-refractivity contribution >= 4 is 29.6 Å². The molecule has 4 rings (SSSR count). The molecule has 2 heterocycles. The molecule has 152 valence electrons. The van der Waals surface area contributed by atoms with Gasteiger partial charge in [-0.15, -0.1) is 0 Å². The number of hydrogen-bond acceptors (Lipinski definition) is 6. The van der Waals surface area contributed by atoms with Gasteiger partial charge in [0.05, 0.1) is 12.4 Å². The van der Waals surface area contributed by atoms with Gasteiger partial charge in [0.1, 0.15) is 17.5 Å². The van der Waals surface area contributed by atoms with E-state index in [2.05, 4.69) is 20.4 Å².